The van der Waals surface area contributed by atoms with E-state index < -0.39 is 0 Å². The van der Waals surface area contributed by atoms with Gasteiger partial charge in [0.15, 0.2) is 0 Å². The molecule has 1 heteroatoms. The second kappa shape index (κ2) is 6.20. The number of hydrogen-bond donors (Lipinski definition) is 1. The molecule has 1 aromatic carbocycles. The van der Waals surface area contributed by atoms with E-state index in [1.807, 2.05) is 0 Å². The Kier molecular flexibility index (Phi) is 4.61. The Morgan fingerprint density at radius 1 is 1.24 bits per heavy atom. The van der Waals surface area contributed by atoms with Gasteiger partial charge in [-0.25, -0.2) is 0 Å². The lowest BCUT2D eigenvalue weighted by Crippen LogP contribution is -2.30. The fourth-order valence-electron chi connectivity index (χ4n) is 2.33. The maximum Gasteiger partial charge on any atom is 0.00683 e. The predicted molar refractivity (Wildman–Crippen MR) is 74.1 cm³/mol. The molecular weight excluding hydrogens is 206 g/mol. The molecule has 1 nitrogen and oxygen atoms in total. The van der Waals surface area contributed by atoms with E-state index in [4.69, 9.17) is 0 Å². The van der Waals surface area contributed by atoms with E-state index in [1.54, 1.807) is 0 Å². The van der Waals surface area contributed by atoms with Gasteiger partial charge in [0.2, 0.25) is 0 Å². The molecule has 1 aliphatic rings. The summed E-state index contributed by atoms with van der Waals surface area (Å²) in [5.74, 6) is 1.59. The fraction of sp³-hybridized carbons (Fsp3) is 0.625. The van der Waals surface area contributed by atoms with Crippen molar-refractivity contribution in [3.63, 3.8) is 0 Å². The van der Waals surface area contributed by atoms with E-state index in [9.17, 15) is 0 Å². The molecule has 2 atom stereocenters. The third-order valence-electron chi connectivity index (χ3n) is 4.04. The first-order valence-corrected chi connectivity index (χ1v) is 7.07. The topological polar surface area (TPSA) is 12.0 Å². The lowest BCUT2D eigenvalue weighted by atomic mass is 9.86. The minimum Gasteiger partial charge on any atom is -0.314 e. The Morgan fingerprint density at radius 3 is 2.53 bits per heavy atom. The van der Waals surface area contributed by atoms with E-state index in [0.29, 0.717) is 0 Å². The van der Waals surface area contributed by atoms with Gasteiger partial charge >= 0.3 is 0 Å². The van der Waals surface area contributed by atoms with Gasteiger partial charge in [0.25, 0.3) is 0 Å². The van der Waals surface area contributed by atoms with Crippen molar-refractivity contribution >= 4 is 0 Å². The predicted octanol–water partition coefficient (Wildman–Crippen LogP) is 3.64. The monoisotopic (exact) mass is 231 g/mol. The Bertz CT molecular complexity index is 316. The van der Waals surface area contributed by atoms with Gasteiger partial charge in [0.1, 0.15) is 0 Å². The lowest BCUT2D eigenvalue weighted by molar-refractivity contribution is 0.328. The first-order chi connectivity index (χ1) is 8.29. The summed E-state index contributed by atoms with van der Waals surface area (Å²) in [7, 11) is 0. The zero-order chi connectivity index (χ0) is 12.1. The SMILES string of the molecule is CCC(C)C(CNC1CC1)Cc1ccccc1. The Labute approximate surface area is 106 Å². The van der Waals surface area contributed by atoms with Crippen LogP contribution in [0.4, 0.5) is 0 Å². The average molecular weight is 231 g/mol. The van der Waals surface area contributed by atoms with Crippen molar-refractivity contribution < 1.29 is 0 Å². The first kappa shape index (κ1) is 12.6. The molecule has 0 aromatic heterocycles. The van der Waals surface area contributed by atoms with Crippen LogP contribution in [0, 0.1) is 11.8 Å². The molecule has 1 fully saturated rings. The van der Waals surface area contributed by atoms with E-state index in [2.05, 4.69) is 49.5 Å². The van der Waals surface area contributed by atoms with Crippen LogP contribution in [0.1, 0.15) is 38.7 Å². The highest BCUT2D eigenvalue weighted by atomic mass is 14.9. The standard InChI is InChI=1S/C16H25N/c1-3-13(2)15(12-17-16-9-10-16)11-14-7-5-4-6-8-14/h4-8,13,15-17H,3,9-12H2,1-2H3. The van der Waals surface area contributed by atoms with Gasteiger partial charge in [0.05, 0.1) is 0 Å². The molecule has 0 aliphatic heterocycles. The van der Waals surface area contributed by atoms with Crippen LogP contribution in [0.3, 0.4) is 0 Å². The number of hydrogen-bond acceptors (Lipinski definition) is 1. The van der Waals surface area contributed by atoms with Crippen LogP contribution < -0.4 is 5.32 Å². The molecule has 0 bridgehead atoms. The summed E-state index contributed by atoms with van der Waals surface area (Å²) in [5, 5.41) is 3.69. The van der Waals surface area contributed by atoms with Crippen LogP contribution in [0.25, 0.3) is 0 Å². The van der Waals surface area contributed by atoms with Gasteiger partial charge in [-0.3, -0.25) is 0 Å². The normalized spacial score (nSPS) is 18.9. The van der Waals surface area contributed by atoms with E-state index in [-0.39, 0.29) is 0 Å². The van der Waals surface area contributed by atoms with Crippen LogP contribution in [0.2, 0.25) is 0 Å². The molecule has 1 saturated carbocycles. The third-order valence-corrected chi connectivity index (χ3v) is 4.04. The van der Waals surface area contributed by atoms with Crippen molar-refractivity contribution in [2.75, 3.05) is 6.54 Å². The minimum absolute atomic E-state index is 0.781. The number of rotatable bonds is 7. The van der Waals surface area contributed by atoms with Gasteiger partial charge in [-0.1, -0.05) is 50.6 Å². The zero-order valence-electron chi connectivity index (χ0n) is 11.2. The summed E-state index contributed by atoms with van der Waals surface area (Å²) in [6.07, 6.45) is 5.27. The maximum atomic E-state index is 3.69. The summed E-state index contributed by atoms with van der Waals surface area (Å²) in [6, 6.07) is 11.7. The van der Waals surface area contributed by atoms with E-state index in [0.717, 1.165) is 17.9 Å². The Hall–Kier alpha value is -0.820. The van der Waals surface area contributed by atoms with Crippen LogP contribution in [-0.2, 0) is 6.42 Å². The first-order valence-electron chi connectivity index (χ1n) is 7.07. The van der Waals surface area contributed by atoms with Crippen LogP contribution in [0.15, 0.2) is 30.3 Å². The highest BCUT2D eigenvalue weighted by Gasteiger charge is 2.23. The van der Waals surface area contributed by atoms with Gasteiger partial charge in [-0.15, -0.1) is 0 Å². The Balaban J connectivity index is 1.89. The van der Waals surface area contributed by atoms with Crippen molar-refractivity contribution in [2.45, 2.75) is 45.6 Å². The van der Waals surface area contributed by atoms with Crippen molar-refractivity contribution in [2.24, 2.45) is 11.8 Å². The van der Waals surface area contributed by atoms with Crippen LogP contribution in [0.5, 0.6) is 0 Å². The molecule has 2 unspecified atom stereocenters. The van der Waals surface area contributed by atoms with Crippen LogP contribution in [-0.4, -0.2) is 12.6 Å². The summed E-state index contributed by atoms with van der Waals surface area (Å²) >= 11 is 0. The highest BCUT2D eigenvalue weighted by molar-refractivity contribution is 5.15. The molecule has 1 aliphatic carbocycles. The summed E-state index contributed by atoms with van der Waals surface area (Å²) < 4.78 is 0. The van der Waals surface area contributed by atoms with Crippen molar-refractivity contribution in [1.29, 1.82) is 0 Å². The fourth-order valence-corrected chi connectivity index (χ4v) is 2.33. The van der Waals surface area contributed by atoms with Gasteiger partial charge < -0.3 is 5.32 Å². The van der Waals surface area contributed by atoms with Gasteiger partial charge in [-0.2, -0.15) is 0 Å². The number of nitrogens with one attached hydrogen (secondary N) is 1. The molecule has 1 N–H and O–H groups in total. The summed E-state index contributed by atoms with van der Waals surface area (Å²) in [4.78, 5) is 0. The molecule has 0 radical (unpaired) electrons. The van der Waals surface area contributed by atoms with E-state index >= 15 is 0 Å². The number of benzene rings is 1. The minimum atomic E-state index is 0.781. The zero-order valence-corrected chi connectivity index (χ0v) is 11.2. The molecule has 94 valence electrons. The molecule has 0 amide bonds. The largest absolute Gasteiger partial charge is 0.314 e. The smallest absolute Gasteiger partial charge is 0.00683 e. The molecular formula is C16H25N. The molecule has 0 heterocycles. The van der Waals surface area contributed by atoms with Gasteiger partial charge in [-0.05, 0) is 43.2 Å². The lowest BCUT2D eigenvalue weighted by Gasteiger charge is -2.23. The van der Waals surface area contributed by atoms with Gasteiger partial charge in [0, 0.05) is 6.04 Å². The highest BCUT2D eigenvalue weighted by Crippen LogP contribution is 2.23. The molecule has 17 heavy (non-hydrogen) atoms. The second-order valence-corrected chi connectivity index (χ2v) is 5.52. The van der Waals surface area contributed by atoms with E-state index in [1.165, 1.54) is 37.8 Å². The summed E-state index contributed by atoms with van der Waals surface area (Å²) in [5.41, 5.74) is 1.48. The second-order valence-electron chi connectivity index (χ2n) is 5.52. The average Bonchev–Trinajstić information content (AvgIpc) is 3.19. The molecule has 2 rings (SSSR count). The summed E-state index contributed by atoms with van der Waals surface area (Å²) in [6.45, 7) is 5.89. The maximum absolute atomic E-state index is 3.69. The van der Waals surface area contributed by atoms with Crippen molar-refractivity contribution in [3.05, 3.63) is 35.9 Å². The van der Waals surface area contributed by atoms with Crippen LogP contribution >= 0.6 is 0 Å². The Morgan fingerprint density at radius 2 is 1.94 bits per heavy atom. The molecule has 0 spiro atoms. The molecule has 1 aromatic rings. The van der Waals surface area contributed by atoms with Crippen molar-refractivity contribution in [1.82, 2.24) is 5.32 Å². The molecule has 0 saturated heterocycles. The van der Waals surface area contributed by atoms with Crippen molar-refractivity contribution in [3.8, 4) is 0 Å². The quantitative estimate of drug-likeness (QED) is 0.755. The third kappa shape index (κ3) is 4.16.